The van der Waals surface area contributed by atoms with Crippen LogP contribution >= 0.6 is 23.1 Å². The van der Waals surface area contributed by atoms with Crippen LogP contribution in [0.25, 0.3) is 6.08 Å². The minimum Gasteiger partial charge on any atom is -1.00 e. The van der Waals surface area contributed by atoms with E-state index < -0.39 is 0 Å². The number of benzene rings is 2. The largest absolute Gasteiger partial charge is 1.00 e. The summed E-state index contributed by atoms with van der Waals surface area (Å²) in [6, 6.07) is 16.8. The molecule has 2 heterocycles. The van der Waals surface area contributed by atoms with Crippen molar-refractivity contribution in [2.75, 3.05) is 12.4 Å². The SMILES string of the molecule is COc1ccccc1C=C1Sc2scc(CC(=O)Nc3ccccc3)[n+]2C1=O.[Br-]. The van der Waals surface area contributed by atoms with Crippen molar-refractivity contribution < 1.29 is 35.9 Å². The summed E-state index contributed by atoms with van der Waals surface area (Å²) in [6.07, 6.45) is 1.97. The topological polar surface area (TPSA) is 59.3 Å². The van der Waals surface area contributed by atoms with E-state index in [0.717, 1.165) is 15.6 Å². The Hall–Kier alpha value is -2.42. The van der Waals surface area contributed by atoms with Gasteiger partial charge in [-0.25, -0.2) is 4.79 Å². The average Bonchev–Trinajstić information content (AvgIpc) is 3.23. The molecule has 0 bridgehead atoms. The third-order valence-corrected chi connectivity index (χ3v) is 6.38. The minimum absolute atomic E-state index is 0. The quantitative estimate of drug-likeness (QED) is 0.430. The molecule has 8 heteroatoms. The normalized spacial score (nSPS) is 13.7. The van der Waals surface area contributed by atoms with E-state index in [0.29, 0.717) is 16.3 Å². The number of hydrogen-bond donors (Lipinski definition) is 1. The van der Waals surface area contributed by atoms with Gasteiger partial charge in [0.2, 0.25) is 11.6 Å². The molecular weight excluding hydrogens is 472 g/mol. The van der Waals surface area contributed by atoms with Crippen molar-refractivity contribution in [3.63, 3.8) is 0 Å². The maximum atomic E-state index is 12.9. The lowest BCUT2D eigenvalue weighted by Crippen LogP contribution is -3.00. The second-order valence-corrected chi connectivity index (χ2v) is 8.22. The first-order valence-corrected chi connectivity index (χ1v) is 10.3. The summed E-state index contributed by atoms with van der Waals surface area (Å²) in [4.78, 5) is 25.9. The number of halogens is 1. The number of para-hydroxylation sites is 2. The Bertz CT molecular complexity index is 1080. The number of fused-ring (bicyclic) bond motifs is 1. The molecule has 5 nitrogen and oxygen atoms in total. The second kappa shape index (κ2) is 9.39. The van der Waals surface area contributed by atoms with Crippen LogP contribution < -0.4 is 31.6 Å². The summed E-state index contributed by atoms with van der Waals surface area (Å²) >= 11 is 2.88. The van der Waals surface area contributed by atoms with Crippen LogP contribution in [-0.4, -0.2) is 18.9 Å². The number of carbonyl (C=O) groups excluding carboxylic acids is 2. The Morgan fingerprint density at radius 2 is 1.86 bits per heavy atom. The Balaban J connectivity index is 0.00000240. The van der Waals surface area contributed by atoms with Crippen molar-refractivity contribution in [3.8, 4) is 5.75 Å². The molecule has 4 rings (SSSR count). The van der Waals surface area contributed by atoms with Crippen molar-refractivity contribution in [2.45, 2.75) is 10.8 Å². The van der Waals surface area contributed by atoms with Gasteiger partial charge in [-0.15, -0.1) is 4.57 Å². The molecule has 0 unspecified atom stereocenters. The van der Waals surface area contributed by atoms with Crippen LogP contribution in [0.1, 0.15) is 16.1 Å². The Kier molecular flexibility index (Phi) is 6.89. The summed E-state index contributed by atoms with van der Waals surface area (Å²) in [7, 11) is 1.61. The zero-order valence-corrected chi connectivity index (χ0v) is 18.6. The van der Waals surface area contributed by atoms with Gasteiger partial charge in [0.15, 0.2) is 0 Å². The van der Waals surface area contributed by atoms with Crippen LogP contribution in [0, 0.1) is 0 Å². The predicted octanol–water partition coefficient (Wildman–Crippen LogP) is 1.02. The van der Waals surface area contributed by atoms with Gasteiger partial charge in [0.05, 0.1) is 12.5 Å². The third-order valence-electron chi connectivity index (χ3n) is 4.20. The number of carbonyl (C=O) groups is 2. The average molecular weight is 489 g/mol. The lowest BCUT2D eigenvalue weighted by molar-refractivity contribution is -0.607. The lowest BCUT2D eigenvalue weighted by Gasteiger charge is -2.03. The molecule has 0 saturated carbocycles. The standard InChI is InChI=1S/C21H16N2O3S2.BrH/c1-26-17-10-6-5-7-14(17)11-18-20(25)23-16(13-27-21(23)28-18)12-19(24)22-15-8-3-2-4-9-15;/h2-11,13H,12H2,1H3;1H. The van der Waals surface area contributed by atoms with Gasteiger partial charge in [0.25, 0.3) is 0 Å². The van der Waals surface area contributed by atoms with Crippen molar-refractivity contribution >= 4 is 46.7 Å². The van der Waals surface area contributed by atoms with E-state index in [1.54, 1.807) is 11.7 Å². The van der Waals surface area contributed by atoms with E-state index in [9.17, 15) is 9.59 Å². The lowest BCUT2D eigenvalue weighted by atomic mass is 10.2. The fourth-order valence-electron chi connectivity index (χ4n) is 2.90. The van der Waals surface area contributed by atoms with Gasteiger partial charge in [0.1, 0.15) is 17.1 Å². The van der Waals surface area contributed by atoms with E-state index in [4.69, 9.17) is 4.74 Å². The minimum atomic E-state index is -0.153. The zero-order chi connectivity index (χ0) is 19.5. The maximum Gasteiger partial charge on any atom is 0.433 e. The number of ether oxygens (including phenoxy) is 1. The van der Waals surface area contributed by atoms with Crippen LogP contribution in [0.15, 0.2) is 69.2 Å². The number of hydrogen-bond acceptors (Lipinski definition) is 5. The van der Waals surface area contributed by atoms with Crippen LogP contribution in [0.5, 0.6) is 5.75 Å². The van der Waals surface area contributed by atoms with Crippen molar-refractivity contribution in [1.82, 2.24) is 0 Å². The first-order valence-electron chi connectivity index (χ1n) is 8.60. The van der Waals surface area contributed by atoms with E-state index >= 15 is 0 Å². The number of amides is 1. The molecule has 0 saturated heterocycles. The summed E-state index contributed by atoms with van der Waals surface area (Å²) in [5.41, 5.74) is 2.27. The van der Waals surface area contributed by atoms with Crippen molar-refractivity contribution in [2.24, 2.45) is 0 Å². The van der Waals surface area contributed by atoms with Crippen LogP contribution in [0.4, 0.5) is 5.69 Å². The monoisotopic (exact) mass is 488 g/mol. The van der Waals surface area contributed by atoms with Crippen LogP contribution in [0.3, 0.4) is 0 Å². The van der Waals surface area contributed by atoms with E-state index in [1.807, 2.05) is 66.1 Å². The Labute approximate surface area is 187 Å². The number of methoxy groups -OCH3 is 1. The number of thioether (sulfide) groups is 1. The van der Waals surface area contributed by atoms with E-state index in [2.05, 4.69) is 5.32 Å². The van der Waals surface area contributed by atoms with Gasteiger partial charge in [-0.1, -0.05) is 47.7 Å². The number of nitrogens with zero attached hydrogens (tertiary/aromatic N) is 1. The molecule has 0 radical (unpaired) electrons. The number of aromatic nitrogens is 1. The highest BCUT2D eigenvalue weighted by Gasteiger charge is 2.40. The van der Waals surface area contributed by atoms with Crippen LogP contribution in [0.2, 0.25) is 0 Å². The fraction of sp³-hybridized carbons (Fsp3) is 0.0952. The molecule has 2 aromatic carbocycles. The van der Waals surface area contributed by atoms with Crippen molar-refractivity contribution in [1.29, 1.82) is 0 Å². The summed E-state index contributed by atoms with van der Waals surface area (Å²) in [5.74, 6) is 0.444. The predicted molar refractivity (Wildman–Crippen MR) is 111 cm³/mol. The molecule has 0 fully saturated rings. The summed E-state index contributed by atoms with van der Waals surface area (Å²) in [5, 5.41) is 4.72. The molecule has 29 heavy (non-hydrogen) atoms. The summed E-state index contributed by atoms with van der Waals surface area (Å²) in [6.45, 7) is 0. The Morgan fingerprint density at radius 3 is 2.62 bits per heavy atom. The van der Waals surface area contributed by atoms with Gasteiger partial charge in [-0.2, -0.15) is 0 Å². The number of anilines is 1. The van der Waals surface area contributed by atoms with E-state index in [-0.39, 0.29) is 35.2 Å². The van der Waals surface area contributed by atoms with Crippen LogP contribution in [-0.2, 0) is 11.2 Å². The first-order chi connectivity index (χ1) is 13.7. The van der Waals surface area contributed by atoms with Gasteiger partial charge >= 0.3 is 10.2 Å². The molecule has 1 aliphatic rings. The Morgan fingerprint density at radius 1 is 1.14 bits per heavy atom. The number of allylic oxidation sites excluding steroid dienone is 1. The van der Waals surface area contributed by atoms with Gasteiger partial charge in [0, 0.05) is 23.0 Å². The first kappa shape index (κ1) is 21.3. The molecule has 3 aromatic rings. The van der Waals surface area contributed by atoms with Gasteiger partial charge in [-0.3, -0.25) is 4.79 Å². The van der Waals surface area contributed by atoms with Gasteiger partial charge < -0.3 is 27.0 Å². The maximum absolute atomic E-state index is 12.9. The molecule has 148 valence electrons. The third kappa shape index (κ3) is 4.60. The molecule has 0 atom stereocenters. The smallest absolute Gasteiger partial charge is 0.433 e. The number of nitrogens with one attached hydrogen (secondary N) is 1. The number of rotatable bonds is 5. The highest BCUT2D eigenvalue weighted by molar-refractivity contribution is 8.05. The van der Waals surface area contributed by atoms with Crippen molar-refractivity contribution in [3.05, 3.63) is 76.1 Å². The molecule has 1 amide bonds. The number of thiazole rings is 1. The van der Waals surface area contributed by atoms with Gasteiger partial charge in [-0.05, 0) is 24.3 Å². The molecule has 1 aromatic heterocycles. The molecule has 1 aliphatic heterocycles. The van der Waals surface area contributed by atoms with E-state index in [1.165, 1.54) is 23.1 Å². The second-order valence-electron chi connectivity index (χ2n) is 6.08. The molecule has 0 aliphatic carbocycles. The zero-order valence-electron chi connectivity index (χ0n) is 15.4. The highest BCUT2D eigenvalue weighted by Crippen LogP contribution is 2.36. The molecule has 0 spiro atoms. The fourth-order valence-corrected chi connectivity index (χ4v) is 5.08. The molecule has 1 N–H and O–H groups in total. The highest BCUT2D eigenvalue weighted by atomic mass is 79.9. The molecular formula is C21H17BrN2O3S2. The summed E-state index contributed by atoms with van der Waals surface area (Å²) < 4.78 is 7.84.